The van der Waals surface area contributed by atoms with Gasteiger partial charge in [0.25, 0.3) is 0 Å². The maximum atomic E-state index is 11.2. The van der Waals surface area contributed by atoms with Crippen LogP contribution in [0.2, 0.25) is 0 Å². The summed E-state index contributed by atoms with van der Waals surface area (Å²) in [6.45, 7) is 4.81. The van der Waals surface area contributed by atoms with Crippen LogP contribution in [0.4, 0.5) is 5.69 Å². The summed E-state index contributed by atoms with van der Waals surface area (Å²) in [6.07, 6.45) is 5.78. The molecule has 3 aliphatic heterocycles. The predicted molar refractivity (Wildman–Crippen MR) is 92.9 cm³/mol. The van der Waals surface area contributed by atoms with Crippen LogP contribution in [0.1, 0.15) is 44.6 Å². The standard InChI is InChI=1S/C20H28N2O/c1-3-19-9-6-11-22-12-10-20(18(19)22)14-7-4-5-8-15(14)21(2)17(20)16(23)13-19/h4-5,7-8,16-18,23H,3,6,9-13H2,1-2H3/t16-,17-,18-,19-,20-/m1/s1. The molecule has 3 heterocycles. The highest BCUT2D eigenvalue weighted by Gasteiger charge is 2.69. The van der Waals surface area contributed by atoms with Gasteiger partial charge in [-0.25, -0.2) is 0 Å². The summed E-state index contributed by atoms with van der Waals surface area (Å²) >= 11 is 0. The Balaban J connectivity index is 1.77. The molecule has 3 fully saturated rings. The third kappa shape index (κ3) is 1.49. The van der Waals surface area contributed by atoms with E-state index >= 15 is 0 Å². The first-order valence-electron chi connectivity index (χ1n) is 9.38. The number of aliphatic hydroxyl groups excluding tert-OH is 1. The van der Waals surface area contributed by atoms with E-state index in [0.29, 0.717) is 11.5 Å². The number of fused-ring (bicyclic) bond motifs is 1. The lowest BCUT2D eigenvalue weighted by Gasteiger charge is -2.60. The Labute approximate surface area is 139 Å². The van der Waals surface area contributed by atoms with Crippen molar-refractivity contribution in [2.75, 3.05) is 25.0 Å². The average molecular weight is 312 g/mol. The van der Waals surface area contributed by atoms with Crippen molar-refractivity contribution < 1.29 is 5.11 Å². The Kier molecular flexibility index (Phi) is 2.81. The van der Waals surface area contributed by atoms with Crippen LogP contribution < -0.4 is 4.90 Å². The maximum absolute atomic E-state index is 11.2. The molecular weight excluding hydrogens is 284 g/mol. The average Bonchev–Trinajstić information content (AvgIpc) is 3.08. The number of para-hydroxylation sites is 1. The minimum absolute atomic E-state index is 0.138. The zero-order valence-electron chi connectivity index (χ0n) is 14.3. The number of nitrogens with zero attached hydrogens (tertiary/aromatic N) is 2. The van der Waals surface area contributed by atoms with Crippen LogP contribution in [0.15, 0.2) is 24.3 Å². The van der Waals surface area contributed by atoms with Crippen molar-refractivity contribution in [3.63, 3.8) is 0 Å². The molecule has 0 unspecified atom stereocenters. The summed E-state index contributed by atoms with van der Waals surface area (Å²) in [5.74, 6) is 0. The molecule has 1 aromatic carbocycles. The molecule has 23 heavy (non-hydrogen) atoms. The lowest BCUT2D eigenvalue weighted by molar-refractivity contribution is -0.0852. The first kappa shape index (κ1) is 14.3. The van der Waals surface area contributed by atoms with Crippen molar-refractivity contribution in [3.8, 4) is 0 Å². The molecule has 1 saturated carbocycles. The second-order valence-corrected chi connectivity index (χ2v) is 8.39. The number of piperidine rings is 1. The molecule has 2 saturated heterocycles. The zero-order valence-corrected chi connectivity index (χ0v) is 14.3. The number of hydrogen-bond acceptors (Lipinski definition) is 3. The summed E-state index contributed by atoms with van der Waals surface area (Å²) < 4.78 is 0. The molecule has 3 heteroatoms. The SMILES string of the molecule is CC[C@@]12CCCN3CC[C@]4(c5ccccc5N(C)[C@@H]4[C@H](O)C1)[C@H]32. The van der Waals surface area contributed by atoms with Gasteiger partial charge < -0.3 is 10.0 Å². The third-order valence-corrected chi connectivity index (χ3v) is 7.78. The Morgan fingerprint density at radius 1 is 1.22 bits per heavy atom. The number of aliphatic hydroxyl groups is 1. The molecule has 124 valence electrons. The second-order valence-electron chi connectivity index (χ2n) is 8.39. The van der Waals surface area contributed by atoms with Gasteiger partial charge in [0.05, 0.1) is 12.1 Å². The van der Waals surface area contributed by atoms with E-state index in [-0.39, 0.29) is 17.6 Å². The number of anilines is 1. The third-order valence-electron chi connectivity index (χ3n) is 7.78. The van der Waals surface area contributed by atoms with Gasteiger partial charge >= 0.3 is 0 Å². The van der Waals surface area contributed by atoms with E-state index in [2.05, 4.69) is 48.0 Å². The highest BCUT2D eigenvalue weighted by molar-refractivity contribution is 5.66. The molecule has 5 rings (SSSR count). The van der Waals surface area contributed by atoms with Crippen LogP contribution >= 0.6 is 0 Å². The van der Waals surface area contributed by atoms with Gasteiger partial charge in [0.15, 0.2) is 0 Å². The van der Waals surface area contributed by atoms with E-state index < -0.39 is 0 Å². The number of benzene rings is 1. The van der Waals surface area contributed by atoms with E-state index in [0.717, 1.165) is 6.42 Å². The Bertz CT molecular complexity index is 646. The summed E-state index contributed by atoms with van der Waals surface area (Å²) in [5.41, 5.74) is 3.32. The molecule has 3 nitrogen and oxygen atoms in total. The predicted octanol–water partition coefficient (Wildman–Crippen LogP) is 2.77. The molecule has 1 aromatic rings. The van der Waals surface area contributed by atoms with Gasteiger partial charge in [-0.15, -0.1) is 0 Å². The number of rotatable bonds is 1. The number of hydrogen-bond donors (Lipinski definition) is 1. The molecule has 0 radical (unpaired) electrons. The summed E-state index contributed by atoms with van der Waals surface area (Å²) in [7, 11) is 2.20. The lowest BCUT2D eigenvalue weighted by atomic mass is 9.51. The van der Waals surface area contributed by atoms with E-state index in [9.17, 15) is 5.11 Å². The zero-order chi connectivity index (χ0) is 15.8. The van der Waals surface area contributed by atoms with Crippen molar-refractivity contribution in [2.45, 2.75) is 62.6 Å². The minimum Gasteiger partial charge on any atom is -0.391 e. The highest BCUT2D eigenvalue weighted by Crippen LogP contribution is 2.64. The molecule has 0 amide bonds. The van der Waals surface area contributed by atoms with E-state index in [1.54, 1.807) is 0 Å². The van der Waals surface area contributed by atoms with Crippen LogP contribution in [0, 0.1) is 5.41 Å². The van der Waals surface area contributed by atoms with Gasteiger partial charge in [0.1, 0.15) is 0 Å². The maximum Gasteiger partial charge on any atom is 0.0758 e. The fourth-order valence-corrected chi connectivity index (χ4v) is 7.14. The van der Waals surface area contributed by atoms with Crippen LogP contribution in [0.3, 0.4) is 0 Å². The Hall–Kier alpha value is -1.06. The van der Waals surface area contributed by atoms with Crippen molar-refractivity contribution >= 4 is 5.69 Å². The van der Waals surface area contributed by atoms with Crippen molar-refractivity contribution in [3.05, 3.63) is 29.8 Å². The van der Waals surface area contributed by atoms with Gasteiger partial charge in [0.2, 0.25) is 0 Å². The van der Waals surface area contributed by atoms with E-state index in [1.807, 2.05) is 0 Å². The summed E-state index contributed by atoms with van der Waals surface area (Å²) in [6, 6.07) is 9.83. The summed E-state index contributed by atoms with van der Waals surface area (Å²) in [5, 5.41) is 11.2. The topological polar surface area (TPSA) is 26.7 Å². The van der Waals surface area contributed by atoms with Gasteiger partial charge in [-0.05, 0) is 62.2 Å². The van der Waals surface area contributed by atoms with E-state index in [1.165, 1.54) is 50.0 Å². The smallest absolute Gasteiger partial charge is 0.0758 e. The molecule has 0 bridgehead atoms. The molecule has 4 aliphatic rings. The first-order valence-corrected chi connectivity index (χ1v) is 9.38. The summed E-state index contributed by atoms with van der Waals surface area (Å²) in [4.78, 5) is 5.18. The fraction of sp³-hybridized carbons (Fsp3) is 0.700. The monoisotopic (exact) mass is 312 g/mol. The normalized spacial score (nSPS) is 44.8. The fourth-order valence-electron chi connectivity index (χ4n) is 7.14. The lowest BCUT2D eigenvalue weighted by Crippen LogP contribution is -2.68. The van der Waals surface area contributed by atoms with Crippen LogP contribution in [-0.2, 0) is 5.41 Å². The van der Waals surface area contributed by atoms with Gasteiger partial charge in [-0.2, -0.15) is 0 Å². The molecular formula is C20H28N2O. The quantitative estimate of drug-likeness (QED) is 0.864. The molecule has 1 spiro atoms. The first-order chi connectivity index (χ1) is 11.1. The Morgan fingerprint density at radius 3 is 2.87 bits per heavy atom. The molecule has 1 N–H and O–H groups in total. The van der Waals surface area contributed by atoms with Crippen LogP contribution in [-0.4, -0.2) is 48.3 Å². The van der Waals surface area contributed by atoms with E-state index in [4.69, 9.17) is 0 Å². The number of likely N-dealkylation sites (N-methyl/N-ethyl adjacent to an activating group) is 1. The van der Waals surface area contributed by atoms with Gasteiger partial charge in [0, 0.05) is 24.2 Å². The molecule has 0 aromatic heterocycles. The van der Waals surface area contributed by atoms with Crippen molar-refractivity contribution in [1.82, 2.24) is 4.90 Å². The van der Waals surface area contributed by atoms with Crippen LogP contribution in [0.5, 0.6) is 0 Å². The van der Waals surface area contributed by atoms with Gasteiger partial charge in [-0.1, -0.05) is 25.1 Å². The minimum atomic E-state index is -0.207. The van der Waals surface area contributed by atoms with Crippen molar-refractivity contribution in [2.24, 2.45) is 5.41 Å². The highest BCUT2D eigenvalue weighted by atomic mass is 16.3. The second kappa shape index (κ2) is 4.52. The molecule has 1 aliphatic carbocycles. The van der Waals surface area contributed by atoms with Crippen molar-refractivity contribution in [1.29, 1.82) is 0 Å². The largest absolute Gasteiger partial charge is 0.391 e. The van der Waals surface area contributed by atoms with Gasteiger partial charge in [-0.3, -0.25) is 4.90 Å². The Morgan fingerprint density at radius 2 is 2.04 bits per heavy atom. The molecule has 5 atom stereocenters. The van der Waals surface area contributed by atoms with Crippen LogP contribution in [0.25, 0.3) is 0 Å².